The van der Waals surface area contributed by atoms with Crippen molar-refractivity contribution >= 4 is 21.6 Å². The molecule has 0 aliphatic carbocycles. The average Bonchev–Trinajstić information content (AvgIpc) is 2.72. The Labute approximate surface area is 120 Å². The molecule has 2 heterocycles. The molecule has 5 heteroatoms. The predicted octanol–water partition coefficient (Wildman–Crippen LogP) is 4.11. The Bertz CT molecular complexity index is 796. The molecule has 3 rings (SSSR count). The van der Waals surface area contributed by atoms with Gasteiger partial charge >= 0.3 is 0 Å². The van der Waals surface area contributed by atoms with Crippen LogP contribution in [0, 0.1) is 20.8 Å². The minimum Gasteiger partial charge on any atom is -0.508 e. The Balaban J connectivity index is 2.13. The summed E-state index contributed by atoms with van der Waals surface area (Å²) in [6.07, 6.45) is 1.51. The van der Waals surface area contributed by atoms with Crippen molar-refractivity contribution in [3.8, 4) is 17.4 Å². The second-order valence-corrected chi connectivity index (χ2v) is 5.85. The van der Waals surface area contributed by atoms with Crippen molar-refractivity contribution in [3.05, 3.63) is 40.5 Å². The van der Waals surface area contributed by atoms with Crippen LogP contribution in [0.5, 0.6) is 17.4 Å². The number of aryl methyl sites for hydroxylation is 2. The summed E-state index contributed by atoms with van der Waals surface area (Å²) in [5, 5.41) is 10.7. The van der Waals surface area contributed by atoms with Gasteiger partial charge in [-0.3, -0.25) is 0 Å². The molecule has 0 saturated heterocycles. The van der Waals surface area contributed by atoms with Crippen LogP contribution >= 0.6 is 11.3 Å². The highest BCUT2D eigenvalue weighted by atomic mass is 32.1. The number of ether oxygens (including phenoxy) is 1. The lowest BCUT2D eigenvalue weighted by atomic mass is 10.2. The summed E-state index contributed by atoms with van der Waals surface area (Å²) < 4.78 is 5.89. The fourth-order valence-corrected chi connectivity index (χ4v) is 3.03. The monoisotopic (exact) mass is 286 g/mol. The third kappa shape index (κ3) is 2.00. The quantitative estimate of drug-likeness (QED) is 0.770. The van der Waals surface area contributed by atoms with E-state index >= 15 is 0 Å². The molecule has 3 aromatic rings. The van der Waals surface area contributed by atoms with Crippen molar-refractivity contribution in [2.24, 2.45) is 0 Å². The van der Waals surface area contributed by atoms with Gasteiger partial charge in [-0.15, -0.1) is 11.3 Å². The lowest BCUT2D eigenvalue weighted by molar-refractivity contribution is 0.442. The van der Waals surface area contributed by atoms with Gasteiger partial charge in [-0.05, 0) is 38.5 Å². The van der Waals surface area contributed by atoms with Crippen molar-refractivity contribution < 1.29 is 9.84 Å². The molecule has 20 heavy (non-hydrogen) atoms. The number of phenols is 1. The summed E-state index contributed by atoms with van der Waals surface area (Å²) in [6.45, 7) is 5.92. The molecule has 0 radical (unpaired) electrons. The third-order valence-electron chi connectivity index (χ3n) is 3.39. The molecule has 4 nitrogen and oxygen atoms in total. The summed E-state index contributed by atoms with van der Waals surface area (Å²) in [4.78, 5) is 10.6. The molecular weight excluding hydrogens is 272 g/mol. The molecule has 0 bridgehead atoms. The zero-order valence-electron chi connectivity index (χ0n) is 11.5. The van der Waals surface area contributed by atoms with Crippen molar-refractivity contribution in [1.29, 1.82) is 0 Å². The van der Waals surface area contributed by atoms with E-state index in [1.54, 1.807) is 23.5 Å². The number of phenolic OH excluding ortho intramolecular Hbond substituents is 1. The molecular formula is C15H14N2O2S. The van der Waals surface area contributed by atoms with E-state index in [0.717, 1.165) is 15.8 Å². The first-order chi connectivity index (χ1) is 9.58. The molecule has 0 fully saturated rings. The first kappa shape index (κ1) is 12.9. The van der Waals surface area contributed by atoms with Crippen LogP contribution in [0.4, 0.5) is 0 Å². The maximum absolute atomic E-state index is 9.74. The Hall–Kier alpha value is -2.14. The Morgan fingerprint density at radius 1 is 1.10 bits per heavy atom. The minimum atomic E-state index is 0.214. The number of aromatic nitrogens is 2. The van der Waals surface area contributed by atoms with E-state index in [9.17, 15) is 5.11 Å². The van der Waals surface area contributed by atoms with Gasteiger partial charge in [0.25, 0.3) is 0 Å². The van der Waals surface area contributed by atoms with E-state index in [2.05, 4.69) is 16.9 Å². The number of aromatic hydroxyl groups is 1. The molecule has 102 valence electrons. The van der Waals surface area contributed by atoms with Crippen LogP contribution in [-0.4, -0.2) is 15.1 Å². The highest BCUT2D eigenvalue weighted by molar-refractivity contribution is 7.18. The molecule has 0 aliphatic heterocycles. The van der Waals surface area contributed by atoms with E-state index < -0.39 is 0 Å². The van der Waals surface area contributed by atoms with E-state index in [1.807, 2.05) is 19.9 Å². The topological polar surface area (TPSA) is 55.2 Å². The van der Waals surface area contributed by atoms with Gasteiger partial charge in [-0.2, -0.15) is 0 Å². The molecule has 1 N–H and O–H groups in total. The van der Waals surface area contributed by atoms with Gasteiger partial charge in [-0.25, -0.2) is 9.97 Å². The Morgan fingerprint density at radius 2 is 1.90 bits per heavy atom. The maximum Gasteiger partial charge on any atom is 0.231 e. The number of benzene rings is 1. The average molecular weight is 286 g/mol. The number of nitrogens with zero attached hydrogens (tertiary/aromatic N) is 2. The van der Waals surface area contributed by atoms with Crippen molar-refractivity contribution in [1.82, 2.24) is 9.97 Å². The highest BCUT2D eigenvalue weighted by Gasteiger charge is 2.14. The van der Waals surface area contributed by atoms with Crippen molar-refractivity contribution in [2.75, 3.05) is 0 Å². The van der Waals surface area contributed by atoms with Gasteiger partial charge in [0.05, 0.1) is 5.39 Å². The van der Waals surface area contributed by atoms with Crippen LogP contribution < -0.4 is 4.74 Å². The van der Waals surface area contributed by atoms with Crippen LogP contribution in [0.25, 0.3) is 10.2 Å². The number of hydrogen-bond donors (Lipinski definition) is 1. The van der Waals surface area contributed by atoms with E-state index in [-0.39, 0.29) is 5.75 Å². The number of rotatable bonds is 2. The summed E-state index contributed by atoms with van der Waals surface area (Å²) in [5.74, 6) is 1.35. The molecule has 0 spiro atoms. The molecule has 0 atom stereocenters. The summed E-state index contributed by atoms with van der Waals surface area (Å²) in [6, 6.07) is 5.21. The fraction of sp³-hybridized carbons (Fsp3) is 0.200. The third-order valence-corrected chi connectivity index (χ3v) is 4.51. The van der Waals surface area contributed by atoms with Crippen molar-refractivity contribution in [2.45, 2.75) is 20.8 Å². The van der Waals surface area contributed by atoms with Crippen LogP contribution in [0.3, 0.4) is 0 Å². The molecule has 0 saturated carbocycles. The minimum absolute atomic E-state index is 0.214. The largest absolute Gasteiger partial charge is 0.508 e. The first-order valence-electron chi connectivity index (χ1n) is 6.25. The zero-order valence-corrected chi connectivity index (χ0v) is 12.3. The Morgan fingerprint density at radius 3 is 2.70 bits per heavy atom. The SMILES string of the molecule is Cc1sc2ncnc(Oc3cccc(O)c3C)c2c1C. The van der Waals surface area contributed by atoms with Gasteiger partial charge in [-0.1, -0.05) is 6.07 Å². The number of thiophene rings is 1. The molecule has 1 aromatic carbocycles. The van der Waals surface area contributed by atoms with Gasteiger partial charge in [0.2, 0.25) is 5.88 Å². The molecule has 0 unspecified atom stereocenters. The predicted molar refractivity (Wildman–Crippen MR) is 79.8 cm³/mol. The Kier molecular flexibility index (Phi) is 3.06. The van der Waals surface area contributed by atoms with Gasteiger partial charge in [0.1, 0.15) is 22.7 Å². The first-order valence-corrected chi connectivity index (χ1v) is 7.06. The molecule has 2 aromatic heterocycles. The van der Waals surface area contributed by atoms with Gasteiger partial charge in [0, 0.05) is 10.4 Å². The van der Waals surface area contributed by atoms with Crippen LogP contribution in [0.15, 0.2) is 24.5 Å². The van der Waals surface area contributed by atoms with E-state index in [1.165, 1.54) is 11.2 Å². The van der Waals surface area contributed by atoms with Crippen LogP contribution in [0.1, 0.15) is 16.0 Å². The molecule has 0 aliphatic rings. The highest BCUT2D eigenvalue weighted by Crippen LogP contribution is 2.37. The van der Waals surface area contributed by atoms with Crippen LogP contribution in [0.2, 0.25) is 0 Å². The summed E-state index contributed by atoms with van der Waals surface area (Å²) >= 11 is 1.63. The fourth-order valence-electron chi connectivity index (χ4n) is 2.05. The van der Waals surface area contributed by atoms with Crippen LogP contribution in [-0.2, 0) is 0 Å². The standard InChI is InChI=1S/C15H14N2O2S/c1-8-10(3)20-15-13(8)14(16-7-17-15)19-12-6-4-5-11(18)9(12)2/h4-7,18H,1-3H3. The summed E-state index contributed by atoms with van der Waals surface area (Å²) in [5.41, 5.74) is 1.84. The lowest BCUT2D eigenvalue weighted by Gasteiger charge is -2.09. The number of fused-ring (bicyclic) bond motifs is 1. The van der Waals surface area contributed by atoms with E-state index in [0.29, 0.717) is 17.2 Å². The second-order valence-electron chi connectivity index (χ2n) is 4.64. The normalized spacial score (nSPS) is 10.9. The van der Waals surface area contributed by atoms with Gasteiger partial charge < -0.3 is 9.84 Å². The van der Waals surface area contributed by atoms with Gasteiger partial charge in [0.15, 0.2) is 0 Å². The smallest absolute Gasteiger partial charge is 0.231 e. The molecule has 0 amide bonds. The second kappa shape index (κ2) is 4.76. The summed E-state index contributed by atoms with van der Waals surface area (Å²) in [7, 11) is 0. The maximum atomic E-state index is 9.74. The number of hydrogen-bond acceptors (Lipinski definition) is 5. The lowest BCUT2D eigenvalue weighted by Crippen LogP contribution is -1.92. The zero-order chi connectivity index (χ0) is 14.3. The van der Waals surface area contributed by atoms with E-state index in [4.69, 9.17) is 4.74 Å². The van der Waals surface area contributed by atoms with Crippen molar-refractivity contribution in [3.63, 3.8) is 0 Å².